The van der Waals surface area contributed by atoms with Crippen molar-refractivity contribution in [2.24, 2.45) is 0 Å². The Bertz CT molecular complexity index is 608. The van der Waals surface area contributed by atoms with Gasteiger partial charge < -0.3 is 0 Å². The van der Waals surface area contributed by atoms with Crippen molar-refractivity contribution >= 4 is 11.6 Å². The second-order valence-corrected chi connectivity index (χ2v) is 4.66. The van der Waals surface area contributed by atoms with Crippen molar-refractivity contribution in [1.29, 1.82) is 0 Å². The van der Waals surface area contributed by atoms with Crippen LogP contribution in [0, 0.1) is 6.92 Å². The van der Waals surface area contributed by atoms with E-state index in [1.165, 1.54) is 0 Å². The minimum atomic E-state index is 0.0156. The lowest BCUT2D eigenvalue weighted by Crippen LogP contribution is -2.18. The quantitative estimate of drug-likeness (QED) is 0.846. The molecule has 0 spiro atoms. The molecule has 0 fully saturated rings. The van der Waals surface area contributed by atoms with Crippen LogP contribution in [0.2, 0.25) is 5.02 Å². The van der Waals surface area contributed by atoms with Crippen LogP contribution in [0.15, 0.2) is 41.7 Å². The van der Waals surface area contributed by atoms with E-state index >= 15 is 0 Å². The third-order valence-electron chi connectivity index (χ3n) is 2.89. The van der Waals surface area contributed by atoms with Gasteiger partial charge in [-0.25, -0.2) is 4.68 Å². The van der Waals surface area contributed by atoms with Crippen molar-refractivity contribution in [3.05, 3.63) is 69.1 Å². The number of nitrogens with one attached hydrogen (secondary N) is 1. The number of hydrogen-bond donors (Lipinski definition) is 1. The number of rotatable bonds is 4. The molecule has 4 heteroatoms. The standard InChI is InChI=1S/C14H15ClN2O/c1-3-4-13-10(2)14(18)17(16-13)9-11-5-7-12(15)8-6-11/h3,5-8,16H,1,4,9H2,2H3. The van der Waals surface area contributed by atoms with Crippen LogP contribution < -0.4 is 5.56 Å². The molecule has 1 N–H and O–H groups in total. The summed E-state index contributed by atoms with van der Waals surface area (Å²) in [6.07, 6.45) is 2.46. The van der Waals surface area contributed by atoms with Crippen molar-refractivity contribution in [2.45, 2.75) is 19.9 Å². The van der Waals surface area contributed by atoms with Crippen LogP contribution >= 0.6 is 11.6 Å². The van der Waals surface area contributed by atoms with Gasteiger partial charge in [0.05, 0.1) is 6.54 Å². The van der Waals surface area contributed by atoms with Gasteiger partial charge in [-0.2, -0.15) is 0 Å². The molecule has 0 aliphatic heterocycles. The zero-order chi connectivity index (χ0) is 13.1. The van der Waals surface area contributed by atoms with Crippen molar-refractivity contribution in [1.82, 2.24) is 9.78 Å². The Labute approximate surface area is 111 Å². The van der Waals surface area contributed by atoms with Gasteiger partial charge in [0.15, 0.2) is 0 Å². The van der Waals surface area contributed by atoms with Crippen LogP contribution in [0.3, 0.4) is 0 Å². The number of hydrogen-bond acceptors (Lipinski definition) is 1. The zero-order valence-electron chi connectivity index (χ0n) is 10.2. The molecule has 0 radical (unpaired) electrons. The summed E-state index contributed by atoms with van der Waals surface area (Å²) in [7, 11) is 0. The molecule has 0 aliphatic carbocycles. The third-order valence-corrected chi connectivity index (χ3v) is 3.14. The third kappa shape index (κ3) is 2.57. The molecule has 2 aromatic rings. The molecular weight excluding hydrogens is 248 g/mol. The van der Waals surface area contributed by atoms with E-state index in [1.54, 1.807) is 10.8 Å². The van der Waals surface area contributed by atoms with E-state index in [0.717, 1.165) is 16.8 Å². The highest BCUT2D eigenvalue weighted by atomic mass is 35.5. The second kappa shape index (κ2) is 5.27. The maximum absolute atomic E-state index is 12.0. The first-order chi connectivity index (χ1) is 8.61. The van der Waals surface area contributed by atoms with E-state index in [-0.39, 0.29) is 5.56 Å². The van der Waals surface area contributed by atoms with E-state index < -0.39 is 0 Å². The fourth-order valence-electron chi connectivity index (χ4n) is 1.86. The fraction of sp³-hybridized carbons (Fsp3) is 0.214. The van der Waals surface area contributed by atoms with Gasteiger partial charge in [-0.05, 0) is 24.6 Å². The highest BCUT2D eigenvalue weighted by Gasteiger charge is 2.08. The van der Waals surface area contributed by atoms with Gasteiger partial charge in [-0.15, -0.1) is 6.58 Å². The highest BCUT2D eigenvalue weighted by molar-refractivity contribution is 6.30. The number of nitrogens with zero attached hydrogens (tertiary/aromatic N) is 1. The van der Waals surface area contributed by atoms with Crippen molar-refractivity contribution in [2.75, 3.05) is 0 Å². The molecule has 1 heterocycles. The topological polar surface area (TPSA) is 37.8 Å². The maximum Gasteiger partial charge on any atom is 0.269 e. The Morgan fingerprint density at radius 2 is 2.06 bits per heavy atom. The van der Waals surface area contributed by atoms with Gasteiger partial charge in [0.2, 0.25) is 0 Å². The molecular formula is C14H15ClN2O. The van der Waals surface area contributed by atoms with Gasteiger partial charge in [0.25, 0.3) is 5.56 Å². The van der Waals surface area contributed by atoms with Crippen molar-refractivity contribution in [3.8, 4) is 0 Å². The lowest BCUT2D eigenvalue weighted by atomic mass is 10.2. The molecule has 18 heavy (non-hydrogen) atoms. The summed E-state index contributed by atoms with van der Waals surface area (Å²) in [4.78, 5) is 12.0. The van der Waals surface area contributed by atoms with Crippen LogP contribution in [0.4, 0.5) is 0 Å². The average Bonchev–Trinajstić information content (AvgIpc) is 2.61. The van der Waals surface area contributed by atoms with Crippen molar-refractivity contribution < 1.29 is 0 Å². The molecule has 0 saturated carbocycles. The first-order valence-electron chi connectivity index (χ1n) is 5.75. The summed E-state index contributed by atoms with van der Waals surface area (Å²) < 4.78 is 1.61. The monoisotopic (exact) mass is 262 g/mol. The summed E-state index contributed by atoms with van der Waals surface area (Å²) in [5.41, 5.74) is 2.72. The van der Waals surface area contributed by atoms with E-state index in [0.29, 0.717) is 18.0 Å². The van der Waals surface area contributed by atoms with Crippen LogP contribution in [-0.4, -0.2) is 9.78 Å². The summed E-state index contributed by atoms with van der Waals surface area (Å²) in [6, 6.07) is 7.47. The molecule has 0 unspecified atom stereocenters. The summed E-state index contributed by atoms with van der Waals surface area (Å²) in [5, 5.41) is 3.81. The minimum Gasteiger partial charge on any atom is -0.299 e. The van der Waals surface area contributed by atoms with Crippen LogP contribution in [0.25, 0.3) is 0 Å². The number of aromatic amines is 1. The number of H-pyrrole nitrogens is 1. The number of halogens is 1. The van der Waals surface area contributed by atoms with E-state index in [1.807, 2.05) is 31.2 Å². The van der Waals surface area contributed by atoms with Gasteiger partial charge >= 0.3 is 0 Å². The smallest absolute Gasteiger partial charge is 0.269 e. The number of aromatic nitrogens is 2. The molecule has 0 bridgehead atoms. The lowest BCUT2D eigenvalue weighted by molar-refractivity contribution is 0.654. The Balaban J connectivity index is 2.29. The lowest BCUT2D eigenvalue weighted by Gasteiger charge is -2.02. The summed E-state index contributed by atoms with van der Waals surface area (Å²) in [6.45, 7) is 6.03. The van der Waals surface area contributed by atoms with Crippen LogP contribution in [0.1, 0.15) is 16.8 Å². The van der Waals surface area contributed by atoms with Gasteiger partial charge in [-0.1, -0.05) is 29.8 Å². The molecule has 0 amide bonds. The minimum absolute atomic E-state index is 0.0156. The molecule has 0 aliphatic rings. The maximum atomic E-state index is 12.0. The number of benzene rings is 1. The Morgan fingerprint density at radius 3 is 2.67 bits per heavy atom. The van der Waals surface area contributed by atoms with Gasteiger partial charge in [-0.3, -0.25) is 9.89 Å². The normalized spacial score (nSPS) is 10.6. The van der Waals surface area contributed by atoms with Crippen molar-refractivity contribution in [3.63, 3.8) is 0 Å². The number of allylic oxidation sites excluding steroid dienone is 1. The van der Waals surface area contributed by atoms with E-state index in [9.17, 15) is 4.79 Å². The van der Waals surface area contributed by atoms with Gasteiger partial charge in [0.1, 0.15) is 0 Å². The second-order valence-electron chi connectivity index (χ2n) is 4.23. The van der Waals surface area contributed by atoms with Crippen LogP contribution in [0.5, 0.6) is 0 Å². The molecule has 94 valence electrons. The average molecular weight is 263 g/mol. The SMILES string of the molecule is C=CCc1[nH]n(Cc2ccc(Cl)cc2)c(=O)c1C. The van der Waals surface area contributed by atoms with Gasteiger partial charge in [0, 0.05) is 22.7 Å². The summed E-state index contributed by atoms with van der Waals surface area (Å²) >= 11 is 5.83. The van der Waals surface area contributed by atoms with E-state index in [2.05, 4.69) is 11.7 Å². The summed E-state index contributed by atoms with van der Waals surface area (Å²) in [5.74, 6) is 0. The fourth-order valence-corrected chi connectivity index (χ4v) is 1.98. The largest absolute Gasteiger partial charge is 0.299 e. The molecule has 0 atom stereocenters. The molecule has 2 rings (SSSR count). The molecule has 0 saturated heterocycles. The highest BCUT2D eigenvalue weighted by Crippen LogP contribution is 2.10. The van der Waals surface area contributed by atoms with E-state index in [4.69, 9.17) is 11.6 Å². The van der Waals surface area contributed by atoms with Crippen LogP contribution in [-0.2, 0) is 13.0 Å². The Morgan fingerprint density at radius 1 is 1.39 bits per heavy atom. The zero-order valence-corrected chi connectivity index (χ0v) is 11.0. The Hall–Kier alpha value is -1.74. The first-order valence-corrected chi connectivity index (χ1v) is 6.13. The Kier molecular flexibility index (Phi) is 3.72. The molecule has 3 nitrogen and oxygen atoms in total. The predicted molar refractivity (Wildman–Crippen MR) is 74.2 cm³/mol. The predicted octanol–water partition coefficient (Wildman–Crippen LogP) is 2.92. The first kappa shape index (κ1) is 12.7. The molecule has 1 aromatic heterocycles. The molecule has 1 aromatic carbocycles.